The maximum absolute atomic E-state index is 11.8. The Morgan fingerprint density at radius 2 is 1.94 bits per heavy atom. The first kappa shape index (κ1) is 15.8. The summed E-state index contributed by atoms with van der Waals surface area (Å²) in [7, 11) is 0. The molecule has 0 spiro atoms. The number of nitrogens with two attached hydrogens (primary N) is 2. The van der Waals surface area contributed by atoms with Crippen molar-refractivity contribution >= 4 is 17.8 Å². The number of ether oxygens (including phenoxy) is 1. The SMILES string of the molecule is CC(N)=O.N=Cc1cc(OC(F)(F)F)ccc1N. The molecule has 5 N–H and O–H groups in total. The van der Waals surface area contributed by atoms with Crippen LogP contribution < -0.4 is 16.2 Å². The van der Waals surface area contributed by atoms with Gasteiger partial charge in [0.05, 0.1) is 0 Å². The lowest BCUT2D eigenvalue weighted by Crippen LogP contribution is -2.17. The van der Waals surface area contributed by atoms with Gasteiger partial charge < -0.3 is 21.6 Å². The highest BCUT2D eigenvalue weighted by molar-refractivity contribution is 5.85. The number of hydrogen-bond acceptors (Lipinski definition) is 4. The van der Waals surface area contributed by atoms with Crippen LogP contribution in [0.15, 0.2) is 18.2 Å². The summed E-state index contributed by atoms with van der Waals surface area (Å²) in [5.74, 6) is -0.717. The molecule has 0 saturated heterocycles. The Morgan fingerprint density at radius 1 is 1.44 bits per heavy atom. The normalized spacial score (nSPS) is 10.0. The Kier molecular flexibility index (Phi) is 5.67. The van der Waals surface area contributed by atoms with Crippen molar-refractivity contribution < 1.29 is 22.7 Å². The van der Waals surface area contributed by atoms with Crippen molar-refractivity contribution in [1.82, 2.24) is 0 Å². The molecule has 1 amide bonds. The van der Waals surface area contributed by atoms with Gasteiger partial charge in [-0.15, -0.1) is 13.2 Å². The van der Waals surface area contributed by atoms with Gasteiger partial charge in [-0.05, 0) is 18.2 Å². The van der Waals surface area contributed by atoms with E-state index in [0.29, 0.717) is 0 Å². The lowest BCUT2D eigenvalue weighted by atomic mass is 10.2. The summed E-state index contributed by atoms with van der Waals surface area (Å²) in [6.07, 6.45) is -3.87. The van der Waals surface area contributed by atoms with Gasteiger partial charge in [0.15, 0.2) is 0 Å². The van der Waals surface area contributed by atoms with Crippen LogP contribution in [0.4, 0.5) is 18.9 Å². The fourth-order valence-electron chi connectivity index (χ4n) is 0.875. The fourth-order valence-corrected chi connectivity index (χ4v) is 0.875. The van der Waals surface area contributed by atoms with E-state index in [1.807, 2.05) is 0 Å². The Labute approximate surface area is 101 Å². The first-order valence-electron chi connectivity index (χ1n) is 4.57. The molecule has 0 atom stereocenters. The van der Waals surface area contributed by atoms with Crippen molar-refractivity contribution in [3.8, 4) is 5.75 Å². The van der Waals surface area contributed by atoms with Crippen LogP contribution in [0, 0.1) is 5.41 Å². The smallest absolute Gasteiger partial charge is 0.406 e. The van der Waals surface area contributed by atoms with Crippen LogP contribution in [-0.4, -0.2) is 18.5 Å². The van der Waals surface area contributed by atoms with Gasteiger partial charge in [-0.2, -0.15) is 0 Å². The summed E-state index contributed by atoms with van der Waals surface area (Å²) < 4.78 is 38.9. The van der Waals surface area contributed by atoms with Gasteiger partial charge in [0.2, 0.25) is 5.91 Å². The molecule has 0 unspecified atom stereocenters. The van der Waals surface area contributed by atoms with Crippen LogP contribution in [0.5, 0.6) is 5.75 Å². The lowest BCUT2D eigenvalue weighted by Gasteiger charge is -2.09. The largest absolute Gasteiger partial charge is 0.573 e. The summed E-state index contributed by atoms with van der Waals surface area (Å²) in [6.45, 7) is 1.31. The standard InChI is InChI=1S/C8H7F3N2O.C2H5NO/c9-8(10,11)14-6-1-2-7(13)5(3-6)4-12;1-2(3)4/h1-4,12H,13H2;1H3,(H2,3,4). The molecule has 18 heavy (non-hydrogen) atoms. The Hall–Kier alpha value is -2.25. The molecule has 0 radical (unpaired) electrons. The van der Waals surface area contributed by atoms with E-state index < -0.39 is 6.36 Å². The predicted octanol–water partition coefficient (Wildman–Crippen LogP) is 1.66. The first-order chi connectivity index (χ1) is 8.15. The number of benzene rings is 1. The second-order valence-electron chi connectivity index (χ2n) is 3.09. The van der Waals surface area contributed by atoms with E-state index >= 15 is 0 Å². The number of halogens is 3. The number of rotatable bonds is 2. The third kappa shape index (κ3) is 7.09. The third-order valence-corrected chi connectivity index (χ3v) is 1.45. The van der Waals surface area contributed by atoms with Crippen LogP contribution >= 0.6 is 0 Å². The first-order valence-corrected chi connectivity index (χ1v) is 4.57. The third-order valence-electron chi connectivity index (χ3n) is 1.45. The molecule has 5 nitrogen and oxygen atoms in total. The van der Waals surface area contributed by atoms with Crippen LogP contribution in [0.2, 0.25) is 0 Å². The van der Waals surface area contributed by atoms with Gasteiger partial charge in [0.25, 0.3) is 0 Å². The Bertz CT molecular complexity index is 429. The van der Waals surface area contributed by atoms with Crippen molar-refractivity contribution in [3.05, 3.63) is 23.8 Å². The zero-order valence-electron chi connectivity index (χ0n) is 9.41. The quantitative estimate of drug-likeness (QED) is 0.558. The minimum atomic E-state index is -4.73. The number of primary amides is 1. The van der Waals surface area contributed by atoms with Gasteiger partial charge in [-0.25, -0.2) is 0 Å². The summed E-state index contributed by atoms with van der Waals surface area (Å²) in [6, 6.07) is 3.40. The minimum Gasteiger partial charge on any atom is -0.406 e. The van der Waals surface area contributed by atoms with Gasteiger partial charge in [0.1, 0.15) is 5.75 Å². The highest BCUT2D eigenvalue weighted by Gasteiger charge is 2.31. The minimum absolute atomic E-state index is 0.187. The maximum atomic E-state index is 11.8. The van der Waals surface area contributed by atoms with Crippen molar-refractivity contribution in [2.45, 2.75) is 13.3 Å². The number of carbonyl (C=O) groups excluding carboxylic acids is 1. The molecule has 8 heteroatoms. The molecule has 0 aliphatic carbocycles. The predicted molar refractivity (Wildman–Crippen MR) is 60.3 cm³/mol. The van der Waals surface area contributed by atoms with Crippen molar-refractivity contribution in [2.24, 2.45) is 5.73 Å². The number of nitrogens with one attached hydrogen (secondary N) is 1. The van der Waals surface area contributed by atoms with E-state index in [4.69, 9.17) is 11.1 Å². The second-order valence-corrected chi connectivity index (χ2v) is 3.09. The van der Waals surface area contributed by atoms with Crippen LogP contribution in [0.3, 0.4) is 0 Å². The zero-order valence-corrected chi connectivity index (χ0v) is 9.41. The monoisotopic (exact) mass is 263 g/mol. The van der Waals surface area contributed by atoms with E-state index in [-0.39, 0.29) is 22.9 Å². The molecule has 0 fully saturated rings. The lowest BCUT2D eigenvalue weighted by molar-refractivity contribution is -0.274. The number of carbonyl (C=O) groups is 1. The number of alkyl halides is 3. The summed E-state index contributed by atoms with van der Waals surface area (Å²) >= 11 is 0. The van der Waals surface area contributed by atoms with Crippen LogP contribution in [-0.2, 0) is 4.79 Å². The van der Waals surface area contributed by atoms with E-state index in [1.54, 1.807) is 0 Å². The van der Waals surface area contributed by atoms with Gasteiger partial charge in [-0.3, -0.25) is 4.79 Å². The molecule has 0 bridgehead atoms. The second kappa shape index (κ2) is 6.48. The van der Waals surface area contributed by atoms with Crippen LogP contribution in [0.25, 0.3) is 0 Å². The van der Waals surface area contributed by atoms with E-state index in [2.05, 4.69) is 10.5 Å². The van der Waals surface area contributed by atoms with Gasteiger partial charge in [-0.1, -0.05) is 0 Å². The summed E-state index contributed by atoms with van der Waals surface area (Å²) in [4.78, 5) is 9.22. The zero-order chi connectivity index (χ0) is 14.3. The van der Waals surface area contributed by atoms with Crippen molar-refractivity contribution in [2.75, 3.05) is 5.73 Å². The van der Waals surface area contributed by atoms with E-state index in [0.717, 1.165) is 18.3 Å². The number of hydrogen-bond donors (Lipinski definition) is 3. The average molecular weight is 263 g/mol. The molecule has 1 rings (SSSR count). The summed E-state index contributed by atoms with van der Waals surface area (Å²) in [5, 5.41) is 6.87. The molecule has 0 aliphatic rings. The fraction of sp³-hybridized carbons (Fsp3) is 0.200. The summed E-state index contributed by atoms with van der Waals surface area (Å²) in [5.41, 5.74) is 10.3. The molecule has 0 aromatic heterocycles. The molecular weight excluding hydrogens is 251 g/mol. The van der Waals surface area contributed by atoms with Gasteiger partial charge >= 0.3 is 6.36 Å². The highest BCUT2D eigenvalue weighted by atomic mass is 19.4. The molecular formula is C10H12F3N3O2. The molecule has 1 aromatic rings. The molecule has 0 aliphatic heterocycles. The van der Waals surface area contributed by atoms with Crippen molar-refractivity contribution in [3.63, 3.8) is 0 Å². The number of amides is 1. The Morgan fingerprint density at radius 3 is 2.33 bits per heavy atom. The number of anilines is 1. The molecule has 100 valence electrons. The Balaban J connectivity index is 0.000000631. The average Bonchev–Trinajstić information content (AvgIpc) is 2.18. The number of nitrogen functional groups attached to an aromatic ring is 1. The van der Waals surface area contributed by atoms with E-state index in [1.165, 1.54) is 13.0 Å². The van der Waals surface area contributed by atoms with Gasteiger partial charge in [0, 0.05) is 24.4 Å². The molecule has 0 saturated carbocycles. The highest BCUT2D eigenvalue weighted by Crippen LogP contribution is 2.25. The van der Waals surface area contributed by atoms with Crippen molar-refractivity contribution in [1.29, 1.82) is 5.41 Å². The van der Waals surface area contributed by atoms with E-state index in [9.17, 15) is 18.0 Å². The topological polar surface area (TPSA) is 102 Å². The molecule has 0 heterocycles. The maximum Gasteiger partial charge on any atom is 0.573 e. The molecule has 1 aromatic carbocycles. The van der Waals surface area contributed by atoms with Crippen LogP contribution in [0.1, 0.15) is 12.5 Å².